The number of aromatic hydroxyl groups is 1. The molecule has 21 heavy (non-hydrogen) atoms. The van der Waals surface area contributed by atoms with Crippen molar-refractivity contribution in [1.29, 1.82) is 0 Å². The summed E-state index contributed by atoms with van der Waals surface area (Å²) < 4.78 is 0.490. The number of benzene rings is 1. The summed E-state index contributed by atoms with van der Waals surface area (Å²) in [6, 6.07) is 6.43. The lowest BCUT2D eigenvalue weighted by atomic mass is 10.2. The van der Waals surface area contributed by atoms with Crippen molar-refractivity contribution in [3.05, 3.63) is 59.3 Å². The lowest BCUT2D eigenvalue weighted by Crippen LogP contribution is -2.28. The van der Waals surface area contributed by atoms with Crippen molar-refractivity contribution in [3.63, 3.8) is 0 Å². The minimum absolute atomic E-state index is 0.141. The maximum absolute atomic E-state index is 12.7. The van der Waals surface area contributed by atoms with E-state index >= 15 is 0 Å². The molecule has 0 aromatic heterocycles. The Hall–Kier alpha value is -2.05. The van der Waals surface area contributed by atoms with Gasteiger partial charge in [-0.15, -0.1) is 0 Å². The first kappa shape index (κ1) is 13.9. The van der Waals surface area contributed by atoms with Crippen LogP contribution >= 0.6 is 24.0 Å². The maximum atomic E-state index is 12.7. The van der Waals surface area contributed by atoms with Crippen molar-refractivity contribution in [3.8, 4) is 5.75 Å². The summed E-state index contributed by atoms with van der Waals surface area (Å²) in [6.45, 7) is 0. The zero-order valence-corrected chi connectivity index (χ0v) is 12.8. The van der Waals surface area contributed by atoms with Crippen LogP contribution in [0.3, 0.4) is 0 Å². The van der Waals surface area contributed by atoms with Crippen molar-refractivity contribution in [2.24, 2.45) is 0 Å². The number of amides is 1. The number of phenolic OH excluding ortho intramolecular Hbond substituents is 1. The Bertz CT molecular complexity index is 705. The van der Waals surface area contributed by atoms with Crippen LogP contribution in [0.2, 0.25) is 0 Å². The minimum Gasteiger partial charge on any atom is -0.508 e. The number of allylic oxidation sites excluding steroid dienone is 3. The maximum Gasteiger partial charge on any atom is 0.272 e. The van der Waals surface area contributed by atoms with E-state index < -0.39 is 0 Å². The fourth-order valence-corrected chi connectivity index (χ4v) is 3.49. The van der Waals surface area contributed by atoms with Gasteiger partial charge >= 0.3 is 0 Å². The molecule has 0 radical (unpaired) electrons. The fourth-order valence-electron chi connectivity index (χ4n) is 2.11. The number of hydrogen-bond acceptors (Lipinski definition) is 5. The summed E-state index contributed by atoms with van der Waals surface area (Å²) in [5, 5.41) is 9.35. The molecule has 1 fully saturated rings. The fraction of sp³-hybridized carbons (Fsp3) is 0.0667. The van der Waals surface area contributed by atoms with E-state index in [-0.39, 0.29) is 11.7 Å². The van der Waals surface area contributed by atoms with Gasteiger partial charge in [-0.1, -0.05) is 30.1 Å². The normalized spacial score (nSPS) is 21.6. The quantitative estimate of drug-likeness (QED) is 0.637. The highest BCUT2D eigenvalue weighted by Gasteiger charge is 2.35. The average molecular weight is 316 g/mol. The highest BCUT2D eigenvalue weighted by Crippen LogP contribution is 2.38. The summed E-state index contributed by atoms with van der Waals surface area (Å²) in [5.74, 6) is 0.0140. The molecule has 1 aromatic rings. The second-order valence-electron chi connectivity index (χ2n) is 4.55. The van der Waals surface area contributed by atoms with Gasteiger partial charge in [0.1, 0.15) is 10.7 Å². The van der Waals surface area contributed by atoms with Crippen LogP contribution in [0.25, 0.3) is 0 Å². The van der Waals surface area contributed by atoms with Crippen molar-refractivity contribution >= 4 is 39.9 Å². The SMILES string of the molecule is CN1C=CC=CC1=C1SC(=S)N(c2ccc(O)cc2)C1=O. The standard InChI is InChI=1S/C15H12N2O2S2/c1-16-9-3-2-4-12(16)13-14(19)17(15(20)21-13)10-5-7-11(18)8-6-10/h2-9,18H,1H3. The Morgan fingerprint density at radius 2 is 1.90 bits per heavy atom. The van der Waals surface area contributed by atoms with Crippen LogP contribution in [0.4, 0.5) is 5.69 Å². The topological polar surface area (TPSA) is 43.8 Å². The molecule has 2 aliphatic heterocycles. The van der Waals surface area contributed by atoms with Gasteiger partial charge in [-0.05, 0) is 36.4 Å². The molecule has 1 amide bonds. The minimum atomic E-state index is -0.141. The molecule has 0 aliphatic carbocycles. The third kappa shape index (κ3) is 2.48. The molecular formula is C15H12N2O2S2. The van der Waals surface area contributed by atoms with E-state index in [1.807, 2.05) is 36.4 Å². The van der Waals surface area contributed by atoms with Gasteiger partial charge in [0, 0.05) is 13.2 Å². The smallest absolute Gasteiger partial charge is 0.272 e. The summed E-state index contributed by atoms with van der Waals surface area (Å²) in [4.78, 5) is 16.6. The molecule has 0 saturated carbocycles. The summed E-state index contributed by atoms with van der Waals surface area (Å²) in [5.41, 5.74) is 1.49. The van der Waals surface area contributed by atoms with Crippen LogP contribution in [0.15, 0.2) is 59.3 Å². The van der Waals surface area contributed by atoms with E-state index in [9.17, 15) is 9.90 Å². The number of rotatable bonds is 1. The third-order valence-electron chi connectivity index (χ3n) is 3.16. The highest BCUT2D eigenvalue weighted by molar-refractivity contribution is 8.27. The molecule has 3 rings (SSSR count). The van der Waals surface area contributed by atoms with Crippen molar-refractivity contribution in [2.45, 2.75) is 0 Å². The molecule has 6 heteroatoms. The second kappa shape index (κ2) is 5.38. The van der Waals surface area contributed by atoms with Crippen molar-refractivity contribution in [2.75, 3.05) is 11.9 Å². The summed E-state index contributed by atoms with van der Waals surface area (Å²) in [6.07, 6.45) is 7.58. The van der Waals surface area contributed by atoms with Gasteiger partial charge < -0.3 is 10.0 Å². The number of hydrogen-bond donors (Lipinski definition) is 1. The molecule has 2 aliphatic rings. The number of thioether (sulfide) groups is 1. The average Bonchev–Trinajstić information content (AvgIpc) is 2.76. The Morgan fingerprint density at radius 1 is 1.19 bits per heavy atom. The number of phenols is 1. The highest BCUT2D eigenvalue weighted by atomic mass is 32.2. The molecule has 1 N–H and O–H groups in total. The summed E-state index contributed by atoms with van der Waals surface area (Å²) in [7, 11) is 1.89. The molecule has 0 spiro atoms. The van der Waals surface area contributed by atoms with E-state index in [1.165, 1.54) is 28.8 Å². The van der Waals surface area contributed by atoms with E-state index in [0.717, 1.165) is 5.70 Å². The summed E-state index contributed by atoms with van der Waals surface area (Å²) >= 11 is 6.62. The number of thiocarbonyl (C=S) groups is 1. The third-order valence-corrected chi connectivity index (χ3v) is 4.54. The van der Waals surface area contributed by atoms with Crippen LogP contribution in [0.5, 0.6) is 5.75 Å². The molecule has 4 nitrogen and oxygen atoms in total. The van der Waals surface area contributed by atoms with Crippen LogP contribution in [0.1, 0.15) is 0 Å². The van der Waals surface area contributed by atoms with Crippen LogP contribution in [-0.2, 0) is 4.79 Å². The van der Waals surface area contributed by atoms with Crippen molar-refractivity contribution in [1.82, 2.24) is 4.90 Å². The van der Waals surface area contributed by atoms with Gasteiger partial charge in [-0.3, -0.25) is 9.69 Å². The molecule has 106 valence electrons. The van der Waals surface area contributed by atoms with Crippen molar-refractivity contribution < 1.29 is 9.90 Å². The Labute approximate surface area is 132 Å². The molecular weight excluding hydrogens is 304 g/mol. The number of nitrogens with zero attached hydrogens (tertiary/aromatic N) is 2. The largest absolute Gasteiger partial charge is 0.508 e. The molecule has 1 saturated heterocycles. The lowest BCUT2D eigenvalue weighted by molar-refractivity contribution is -0.113. The number of likely N-dealkylation sites (N-methyl/N-ethyl adjacent to an activating group) is 1. The second-order valence-corrected chi connectivity index (χ2v) is 6.20. The molecule has 0 bridgehead atoms. The van der Waals surface area contributed by atoms with Gasteiger partial charge in [0.2, 0.25) is 0 Å². The van der Waals surface area contributed by atoms with E-state index in [0.29, 0.717) is 14.9 Å². The first-order chi connectivity index (χ1) is 10.1. The Balaban J connectivity index is 2.00. The zero-order valence-electron chi connectivity index (χ0n) is 11.2. The van der Waals surface area contributed by atoms with E-state index in [1.54, 1.807) is 12.1 Å². The van der Waals surface area contributed by atoms with Crippen LogP contribution < -0.4 is 4.90 Å². The number of carbonyl (C=O) groups excluding carboxylic acids is 1. The molecule has 0 atom stereocenters. The monoisotopic (exact) mass is 316 g/mol. The molecule has 1 aromatic carbocycles. The van der Waals surface area contributed by atoms with Crippen LogP contribution in [0, 0.1) is 0 Å². The predicted octanol–water partition coefficient (Wildman–Crippen LogP) is 2.98. The molecule has 0 unspecified atom stereocenters. The van der Waals surface area contributed by atoms with Gasteiger partial charge in [0.15, 0.2) is 4.32 Å². The van der Waals surface area contributed by atoms with E-state index in [2.05, 4.69) is 0 Å². The predicted molar refractivity (Wildman–Crippen MR) is 88.9 cm³/mol. The zero-order chi connectivity index (χ0) is 15.0. The lowest BCUT2D eigenvalue weighted by Gasteiger charge is -2.19. The van der Waals surface area contributed by atoms with Gasteiger partial charge in [-0.25, -0.2) is 0 Å². The first-order valence-electron chi connectivity index (χ1n) is 6.25. The van der Waals surface area contributed by atoms with Gasteiger partial charge in [0.05, 0.1) is 11.4 Å². The number of anilines is 1. The first-order valence-corrected chi connectivity index (χ1v) is 7.47. The molecule has 2 heterocycles. The van der Waals surface area contributed by atoms with E-state index in [4.69, 9.17) is 12.2 Å². The van der Waals surface area contributed by atoms with Gasteiger partial charge in [-0.2, -0.15) is 0 Å². The van der Waals surface area contributed by atoms with Gasteiger partial charge in [0.25, 0.3) is 5.91 Å². The Kier molecular flexibility index (Phi) is 3.57. The Morgan fingerprint density at radius 3 is 2.57 bits per heavy atom. The number of carbonyl (C=O) groups is 1. The van der Waals surface area contributed by atoms with Crippen LogP contribution in [-0.4, -0.2) is 27.3 Å².